The second-order valence-corrected chi connectivity index (χ2v) is 10.1. The first-order chi connectivity index (χ1) is 20.4. The Hall–Kier alpha value is -5.61. The molecule has 0 unspecified atom stereocenters. The third kappa shape index (κ3) is 3.73. The van der Waals surface area contributed by atoms with Crippen molar-refractivity contribution in [3.8, 4) is 11.4 Å². The van der Waals surface area contributed by atoms with Gasteiger partial charge >= 0.3 is 0 Å². The van der Waals surface area contributed by atoms with Gasteiger partial charge in [0, 0.05) is 45.1 Å². The van der Waals surface area contributed by atoms with Crippen LogP contribution in [0.4, 0.5) is 17.1 Å². The molecule has 0 aliphatic carbocycles. The number of benzene rings is 5. The van der Waals surface area contributed by atoms with Gasteiger partial charge in [-0.2, -0.15) is 0 Å². The largest absolute Gasteiger partial charge is 0.309 e. The van der Waals surface area contributed by atoms with Gasteiger partial charge < -0.3 is 4.90 Å². The predicted molar refractivity (Wildman–Crippen MR) is 170 cm³/mol. The quantitative estimate of drug-likeness (QED) is 0.223. The maximum Gasteiger partial charge on any atom is 0.131 e. The number of nitrogens with zero attached hydrogens (tertiary/aromatic N) is 4. The van der Waals surface area contributed by atoms with Gasteiger partial charge in [-0.3, -0.25) is 14.1 Å². The first-order valence-electron chi connectivity index (χ1n) is 13.8. The van der Waals surface area contributed by atoms with Crippen LogP contribution in [0, 0.1) is 0 Å². The summed E-state index contributed by atoms with van der Waals surface area (Å²) >= 11 is 0. The molecule has 0 atom stereocenters. The summed E-state index contributed by atoms with van der Waals surface area (Å²) in [6.07, 6.45) is 3.74. The summed E-state index contributed by atoms with van der Waals surface area (Å²) in [5.41, 5.74) is 8.97. The normalized spacial score (nSPS) is 11.4. The van der Waals surface area contributed by atoms with Crippen molar-refractivity contribution in [1.29, 1.82) is 0 Å². The molecule has 0 N–H and O–H groups in total. The van der Waals surface area contributed by atoms with Crippen LogP contribution >= 0.6 is 0 Å². The molecule has 4 heteroatoms. The zero-order valence-electron chi connectivity index (χ0n) is 22.3. The van der Waals surface area contributed by atoms with Crippen molar-refractivity contribution in [1.82, 2.24) is 14.1 Å². The first-order valence-corrected chi connectivity index (χ1v) is 13.8. The van der Waals surface area contributed by atoms with E-state index in [4.69, 9.17) is 0 Å². The standard InChI is InChI=1S/C37H26N4/c1-4-13-27(14-5-1)39(31-19-12-24-38-26-31)30-22-23-35-33(25-30)36-32-20-10-11-21-34(32)40(28-15-6-2-7-16-28)37(36)41(35)29-17-8-3-9-18-29/h1-26H. The third-order valence-electron chi connectivity index (χ3n) is 7.76. The minimum Gasteiger partial charge on any atom is -0.309 e. The van der Waals surface area contributed by atoms with Crippen LogP contribution < -0.4 is 4.90 Å². The predicted octanol–water partition coefficient (Wildman–Crippen LogP) is 9.59. The van der Waals surface area contributed by atoms with Crippen molar-refractivity contribution < 1.29 is 0 Å². The molecular weight excluding hydrogens is 500 g/mol. The summed E-state index contributed by atoms with van der Waals surface area (Å²) in [6, 6.07) is 51.4. The Labute approximate surface area is 238 Å². The van der Waals surface area contributed by atoms with E-state index in [0.29, 0.717) is 0 Å². The minimum absolute atomic E-state index is 1.02. The molecule has 3 heterocycles. The highest BCUT2D eigenvalue weighted by atomic mass is 15.2. The molecule has 0 saturated carbocycles. The lowest BCUT2D eigenvalue weighted by molar-refractivity contribution is 1.07. The number of aromatic nitrogens is 3. The number of hydrogen-bond acceptors (Lipinski definition) is 2. The summed E-state index contributed by atoms with van der Waals surface area (Å²) in [7, 11) is 0. The van der Waals surface area contributed by atoms with E-state index in [1.165, 1.54) is 27.2 Å². The van der Waals surface area contributed by atoms with Crippen molar-refractivity contribution in [2.24, 2.45) is 0 Å². The SMILES string of the molecule is c1ccc(N(c2cccnc2)c2ccc3c(c2)c2c4ccccc4n(-c4ccccc4)c2n3-c2ccccc2)cc1. The van der Waals surface area contributed by atoms with Crippen LogP contribution in [0.1, 0.15) is 0 Å². The van der Waals surface area contributed by atoms with Crippen LogP contribution in [0.2, 0.25) is 0 Å². The Balaban J connectivity index is 1.51. The van der Waals surface area contributed by atoms with E-state index >= 15 is 0 Å². The maximum absolute atomic E-state index is 4.44. The summed E-state index contributed by atoms with van der Waals surface area (Å²) in [5, 5.41) is 3.68. The molecule has 8 aromatic rings. The van der Waals surface area contributed by atoms with Gasteiger partial charge in [-0.05, 0) is 72.8 Å². The highest BCUT2D eigenvalue weighted by Gasteiger charge is 2.23. The molecule has 5 aromatic carbocycles. The van der Waals surface area contributed by atoms with Crippen LogP contribution in [0.25, 0.3) is 44.2 Å². The fourth-order valence-electron chi connectivity index (χ4n) is 6.06. The Morgan fingerprint density at radius 3 is 1.71 bits per heavy atom. The van der Waals surface area contributed by atoms with Gasteiger partial charge in [0.25, 0.3) is 0 Å². The molecule has 0 saturated heterocycles. The van der Waals surface area contributed by atoms with E-state index in [1.54, 1.807) is 0 Å². The van der Waals surface area contributed by atoms with Crippen LogP contribution in [0.3, 0.4) is 0 Å². The van der Waals surface area contributed by atoms with Crippen molar-refractivity contribution in [2.45, 2.75) is 0 Å². The third-order valence-corrected chi connectivity index (χ3v) is 7.76. The van der Waals surface area contributed by atoms with Crippen LogP contribution in [0.15, 0.2) is 158 Å². The number of pyridine rings is 1. The summed E-state index contributed by atoms with van der Waals surface area (Å²) in [4.78, 5) is 6.71. The Morgan fingerprint density at radius 1 is 0.463 bits per heavy atom. The maximum atomic E-state index is 4.44. The van der Waals surface area contributed by atoms with Crippen molar-refractivity contribution in [3.05, 3.63) is 158 Å². The summed E-state index contributed by atoms with van der Waals surface area (Å²) in [6.45, 7) is 0. The highest BCUT2D eigenvalue weighted by Crippen LogP contribution is 2.43. The summed E-state index contributed by atoms with van der Waals surface area (Å²) in [5.74, 6) is 0. The molecule has 3 aromatic heterocycles. The van der Waals surface area contributed by atoms with Gasteiger partial charge in [0.2, 0.25) is 0 Å². The molecule has 0 amide bonds. The van der Waals surface area contributed by atoms with Crippen molar-refractivity contribution in [3.63, 3.8) is 0 Å². The number of fused-ring (bicyclic) bond motifs is 5. The lowest BCUT2D eigenvalue weighted by Crippen LogP contribution is -2.10. The van der Waals surface area contributed by atoms with Crippen LogP contribution in [-0.4, -0.2) is 14.1 Å². The fourth-order valence-corrected chi connectivity index (χ4v) is 6.06. The fraction of sp³-hybridized carbons (Fsp3) is 0. The Bertz CT molecular complexity index is 2090. The van der Waals surface area contributed by atoms with Gasteiger partial charge in [0.05, 0.1) is 22.9 Å². The molecule has 0 bridgehead atoms. The molecule has 41 heavy (non-hydrogen) atoms. The van der Waals surface area contributed by atoms with Gasteiger partial charge in [0.15, 0.2) is 0 Å². The van der Waals surface area contributed by atoms with E-state index in [9.17, 15) is 0 Å². The molecule has 0 fully saturated rings. The molecular formula is C37H26N4. The van der Waals surface area contributed by atoms with Gasteiger partial charge in [0.1, 0.15) is 5.65 Å². The Kier molecular flexibility index (Phi) is 5.42. The topological polar surface area (TPSA) is 26.0 Å². The Morgan fingerprint density at radius 2 is 1.05 bits per heavy atom. The zero-order chi connectivity index (χ0) is 27.2. The lowest BCUT2D eigenvalue weighted by Gasteiger charge is -2.25. The van der Waals surface area contributed by atoms with Crippen LogP contribution in [-0.2, 0) is 0 Å². The molecule has 0 spiro atoms. The van der Waals surface area contributed by atoms with E-state index in [-0.39, 0.29) is 0 Å². The van der Waals surface area contributed by atoms with Gasteiger partial charge in [-0.15, -0.1) is 0 Å². The smallest absolute Gasteiger partial charge is 0.131 e. The molecule has 0 radical (unpaired) electrons. The molecule has 8 rings (SSSR count). The second kappa shape index (κ2) is 9.54. The van der Waals surface area contributed by atoms with Crippen LogP contribution in [0.5, 0.6) is 0 Å². The van der Waals surface area contributed by atoms with Crippen molar-refractivity contribution in [2.75, 3.05) is 4.90 Å². The number of para-hydroxylation sites is 4. The minimum atomic E-state index is 1.02. The van der Waals surface area contributed by atoms with Gasteiger partial charge in [-0.25, -0.2) is 0 Å². The molecule has 194 valence electrons. The van der Waals surface area contributed by atoms with E-state index in [0.717, 1.165) is 34.1 Å². The number of anilines is 3. The monoisotopic (exact) mass is 526 g/mol. The number of rotatable bonds is 5. The molecule has 0 aliphatic heterocycles. The average Bonchev–Trinajstić information content (AvgIpc) is 3.55. The lowest BCUT2D eigenvalue weighted by atomic mass is 10.1. The second-order valence-electron chi connectivity index (χ2n) is 10.1. The van der Waals surface area contributed by atoms with E-state index in [2.05, 4.69) is 159 Å². The average molecular weight is 527 g/mol. The summed E-state index contributed by atoms with van der Waals surface area (Å²) < 4.78 is 4.80. The van der Waals surface area contributed by atoms with Gasteiger partial charge in [-0.1, -0.05) is 72.8 Å². The first kappa shape index (κ1) is 23.3. The number of hydrogen-bond donors (Lipinski definition) is 0. The van der Waals surface area contributed by atoms with E-state index < -0.39 is 0 Å². The van der Waals surface area contributed by atoms with E-state index in [1.807, 2.05) is 18.5 Å². The highest BCUT2D eigenvalue weighted by molar-refractivity contribution is 6.23. The molecule has 4 nitrogen and oxygen atoms in total. The molecule has 0 aliphatic rings. The van der Waals surface area contributed by atoms with Crippen molar-refractivity contribution >= 4 is 49.9 Å². The zero-order valence-corrected chi connectivity index (χ0v) is 22.3.